The van der Waals surface area contributed by atoms with Crippen molar-refractivity contribution in [3.8, 4) is 0 Å². The molecule has 0 fully saturated rings. The van der Waals surface area contributed by atoms with E-state index in [1.807, 2.05) is 20.8 Å². The maximum Gasteiger partial charge on any atom is 0.297 e. The van der Waals surface area contributed by atoms with Gasteiger partial charge in [-0.15, -0.1) is 0 Å². The van der Waals surface area contributed by atoms with Crippen molar-refractivity contribution < 1.29 is 31.9 Å². The van der Waals surface area contributed by atoms with Gasteiger partial charge < -0.3 is 19.3 Å². The highest BCUT2D eigenvalue weighted by Gasteiger charge is 2.17. The number of aliphatic hydroxyl groups excluding tert-OH is 1. The average molecular weight is 405 g/mol. The van der Waals surface area contributed by atoms with Gasteiger partial charge in [0.1, 0.15) is 0 Å². The molecule has 7 nitrogen and oxygen atoms in total. The first-order valence-corrected chi connectivity index (χ1v) is 10.5. The molecule has 0 saturated heterocycles. The van der Waals surface area contributed by atoms with Crippen LogP contribution in [0.2, 0.25) is 0 Å². The summed E-state index contributed by atoms with van der Waals surface area (Å²) in [6, 6.07) is 6.49. The lowest BCUT2D eigenvalue weighted by Gasteiger charge is -2.20. The average Bonchev–Trinajstić information content (AvgIpc) is 2.61. The first kappa shape index (κ1) is 24.0. The van der Waals surface area contributed by atoms with Gasteiger partial charge in [0.15, 0.2) is 0 Å². The predicted octanol–water partition coefficient (Wildman–Crippen LogP) is 2.30. The third kappa shape index (κ3) is 10.2. The van der Waals surface area contributed by atoms with E-state index < -0.39 is 22.3 Å². The molecular formula is C19H32O7S. The van der Waals surface area contributed by atoms with Crippen molar-refractivity contribution in [2.75, 3.05) is 26.4 Å². The molecule has 0 aromatic heterocycles. The van der Waals surface area contributed by atoms with Gasteiger partial charge in [0.05, 0.1) is 55.7 Å². The zero-order valence-corrected chi connectivity index (χ0v) is 17.6. The Morgan fingerprint density at radius 3 is 1.74 bits per heavy atom. The van der Waals surface area contributed by atoms with Crippen molar-refractivity contribution in [3.63, 3.8) is 0 Å². The number of rotatable bonds is 13. The molecule has 0 radical (unpaired) electrons. The van der Waals surface area contributed by atoms with Gasteiger partial charge in [-0.05, 0) is 46.8 Å². The summed E-state index contributed by atoms with van der Waals surface area (Å²) in [5, 5.41) is 9.18. The fraction of sp³-hybridized carbons (Fsp3) is 0.684. The molecule has 0 saturated carbocycles. The van der Waals surface area contributed by atoms with Crippen LogP contribution in [0.3, 0.4) is 0 Å². The van der Waals surface area contributed by atoms with Crippen molar-refractivity contribution in [3.05, 3.63) is 29.8 Å². The highest BCUT2D eigenvalue weighted by molar-refractivity contribution is 7.86. The Balaban J connectivity index is 2.28. The largest absolute Gasteiger partial charge is 0.391 e. The Bertz CT molecular complexity index is 628. The van der Waals surface area contributed by atoms with E-state index >= 15 is 0 Å². The minimum atomic E-state index is -3.79. The number of aliphatic hydroxyl groups is 1. The van der Waals surface area contributed by atoms with Gasteiger partial charge in [-0.25, -0.2) is 0 Å². The van der Waals surface area contributed by atoms with E-state index in [-0.39, 0.29) is 30.3 Å². The molecule has 1 aromatic rings. The lowest BCUT2D eigenvalue weighted by molar-refractivity contribution is -0.0812. The summed E-state index contributed by atoms with van der Waals surface area (Å²) < 4.78 is 46.0. The molecule has 0 amide bonds. The van der Waals surface area contributed by atoms with Crippen LogP contribution >= 0.6 is 0 Å². The molecule has 156 valence electrons. The molecule has 27 heavy (non-hydrogen) atoms. The van der Waals surface area contributed by atoms with Crippen molar-refractivity contribution in [1.29, 1.82) is 0 Å². The maximum atomic E-state index is 12.1. The number of hydrogen-bond donors (Lipinski definition) is 1. The molecule has 0 aliphatic carbocycles. The van der Waals surface area contributed by atoms with Crippen molar-refractivity contribution in [2.24, 2.45) is 0 Å². The van der Waals surface area contributed by atoms with Crippen LogP contribution in [0.15, 0.2) is 29.2 Å². The minimum Gasteiger partial charge on any atom is -0.391 e. The summed E-state index contributed by atoms with van der Waals surface area (Å²) in [7, 11) is -3.79. The van der Waals surface area contributed by atoms with Gasteiger partial charge in [-0.1, -0.05) is 17.7 Å². The normalized spacial score (nSPS) is 16.7. The lowest BCUT2D eigenvalue weighted by Crippen LogP contribution is -2.28. The molecule has 1 N–H and O–H groups in total. The van der Waals surface area contributed by atoms with Gasteiger partial charge >= 0.3 is 0 Å². The quantitative estimate of drug-likeness (QED) is 0.504. The minimum absolute atomic E-state index is 0.0726. The van der Waals surface area contributed by atoms with Gasteiger partial charge in [0, 0.05) is 0 Å². The molecular weight excluding hydrogens is 372 g/mol. The SMILES string of the molecule is Cc1ccc(S(=O)(=O)OCC(C)OCC(C)OCC(C)OCC(C)O)cc1. The summed E-state index contributed by atoms with van der Waals surface area (Å²) in [6.45, 7) is 9.88. The van der Waals surface area contributed by atoms with Gasteiger partial charge in [0.25, 0.3) is 10.1 Å². The van der Waals surface area contributed by atoms with Crippen LogP contribution in [0.1, 0.15) is 33.3 Å². The van der Waals surface area contributed by atoms with E-state index in [4.69, 9.17) is 18.4 Å². The molecule has 4 atom stereocenters. The number of aryl methyl sites for hydroxylation is 1. The van der Waals surface area contributed by atoms with E-state index in [1.54, 1.807) is 26.0 Å². The summed E-state index contributed by atoms with van der Waals surface area (Å²) in [4.78, 5) is 0.128. The highest BCUT2D eigenvalue weighted by Crippen LogP contribution is 2.14. The van der Waals surface area contributed by atoms with Crippen LogP contribution in [0.5, 0.6) is 0 Å². The number of hydrogen-bond acceptors (Lipinski definition) is 7. The first-order chi connectivity index (χ1) is 12.6. The van der Waals surface area contributed by atoms with Crippen LogP contribution in [0.25, 0.3) is 0 Å². The van der Waals surface area contributed by atoms with Crippen LogP contribution in [0.4, 0.5) is 0 Å². The van der Waals surface area contributed by atoms with E-state index in [9.17, 15) is 13.5 Å². The summed E-state index contributed by atoms with van der Waals surface area (Å²) >= 11 is 0. The second-order valence-electron chi connectivity index (χ2n) is 6.83. The molecule has 1 aromatic carbocycles. The van der Waals surface area contributed by atoms with E-state index in [1.165, 1.54) is 12.1 Å². The molecule has 0 spiro atoms. The van der Waals surface area contributed by atoms with E-state index in [2.05, 4.69) is 0 Å². The predicted molar refractivity (Wildman–Crippen MR) is 102 cm³/mol. The second-order valence-corrected chi connectivity index (χ2v) is 8.45. The maximum absolute atomic E-state index is 12.1. The fourth-order valence-corrected chi connectivity index (χ4v) is 2.98. The molecule has 8 heteroatoms. The van der Waals surface area contributed by atoms with Crippen LogP contribution in [-0.2, 0) is 28.5 Å². The zero-order chi connectivity index (χ0) is 20.4. The fourth-order valence-electron chi connectivity index (χ4n) is 2.01. The Kier molecular flexibility index (Phi) is 10.4. The molecule has 0 aliphatic rings. The first-order valence-electron chi connectivity index (χ1n) is 9.09. The van der Waals surface area contributed by atoms with Gasteiger partial charge in [0.2, 0.25) is 0 Å². The Labute approximate surface area is 162 Å². The molecule has 4 unspecified atom stereocenters. The van der Waals surface area contributed by atoms with Crippen molar-refractivity contribution in [1.82, 2.24) is 0 Å². The molecule has 0 aliphatic heterocycles. The topological polar surface area (TPSA) is 91.3 Å². The summed E-state index contributed by atoms with van der Waals surface area (Å²) in [5.74, 6) is 0. The highest BCUT2D eigenvalue weighted by atomic mass is 32.2. The second kappa shape index (κ2) is 11.7. The van der Waals surface area contributed by atoms with Gasteiger partial charge in [-0.3, -0.25) is 4.18 Å². The van der Waals surface area contributed by atoms with Gasteiger partial charge in [-0.2, -0.15) is 8.42 Å². The van der Waals surface area contributed by atoms with Crippen LogP contribution in [0, 0.1) is 6.92 Å². The summed E-state index contributed by atoms with van der Waals surface area (Å²) in [6.07, 6.45) is -1.23. The lowest BCUT2D eigenvalue weighted by atomic mass is 10.2. The standard InChI is InChI=1S/C19H32O7S/c1-14-6-8-19(9-7-14)27(21,22)26-13-18(5)25-12-17(4)24-11-16(3)23-10-15(2)20/h6-9,15-18,20H,10-13H2,1-5H3. The van der Waals surface area contributed by atoms with E-state index in [0.717, 1.165) is 5.56 Å². The van der Waals surface area contributed by atoms with Crippen molar-refractivity contribution in [2.45, 2.75) is 63.9 Å². The Hall–Kier alpha value is -1.03. The molecule has 0 heterocycles. The zero-order valence-electron chi connectivity index (χ0n) is 16.8. The summed E-state index contributed by atoms with van der Waals surface area (Å²) in [5.41, 5.74) is 0.977. The third-order valence-electron chi connectivity index (χ3n) is 3.62. The number of benzene rings is 1. The third-order valence-corrected chi connectivity index (χ3v) is 4.92. The Morgan fingerprint density at radius 2 is 1.26 bits per heavy atom. The van der Waals surface area contributed by atoms with E-state index in [0.29, 0.717) is 13.2 Å². The molecule has 1 rings (SSSR count). The number of ether oxygens (including phenoxy) is 3. The van der Waals surface area contributed by atoms with Crippen LogP contribution in [-0.4, -0.2) is 64.4 Å². The molecule has 0 bridgehead atoms. The Morgan fingerprint density at radius 1 is 0.815 bits per heavy atom. The monoisotopic (exact) mass is 404 g/mol. The van der Waals surface area contributed by atoms with Crippen molar-refractivity contribution >= 4 is 10.1 Å². The smallest absolute Gasteiger partial charge is 0.297 e. The van der Waals surface area contributed by atoms with Crippen LogP contribution < -0.4 is 0 Å².